The summed E-state index contributed by atoms with van der Waals surface area (Å²) < 4.78 is 6.59. The summed E-state index contributed by atoms with van der Waals surface area (Å²) in [5, 5.41) is 0. The van der Waals surface area contributed by atoms with Gasteiger partial charge in [0.05, 0.1) is 7.11 Å². The number of ether oxygens (including phenoxy) is 1. The Labute approximate surface area is 113 Å². The van der Waals surface area contributed by atoms with E-state index >= 15 is 0 Å². The second-order valence-electron chi connectivity index (χ2n) is 5.51. The monoisotopic (exact) mass is 299 g/mol. The Kier molecular flexibility index (Phi) is 4.62. The van der Waals surface area contributed by atoms with Gasteiger partial charge in [-0.25, -0.2) is 0 Å². The van der Waals surface area contributed by atoms with Crippen molar-refractivity contribution in [1.29, 1.82) is 0 Å². The van der Waals surface area contributed by atoms with Crippen LogP contribution in [0.2, 0.25) is 0 Å². The third kappa shape index (κ3) is 4.00. The Morgan fingerprint density at radius 1 is 1.35 bits per heavy atom. The smallest absolute Gasteiger partial charge is 0.122 e. The lowest BCUT2D eigenvalue weighted by Gasteiger charge is -2.22. The molecule has 0 atom stereocenters. The van der Waals surface area contributed by atoms with E-state index in [0.717, 1.165) is 22.2 Å². The van der Waals surface area contributed by atoms with Crippen LogP contribution in [0, 0.1) is 0 Å². The summed E-state index contributed by atoms with van der Waals surface area (Å²) in [5.41, 5.74) is 8.25. The van der Waals surface area contributed by atoms with Gasteiger partial charge in [-0.3, -0.25) is 0 Å². The molecule has 96 valence electrons. The second-order valence-corrected chi connectivity index (χ2v) is 6.36. The minimum absolute atomic E-state index is 0.230. The first kappa shape index (κ1) is 14.5. The molecule has 0 aliphatic carbocycles. The number of hydrogen-bond acceptors (Lipinski definition) is 2. The zero-order valence-electron chi connectivity index (χ0n) is 11.3. The summed E-state index contributed by atoms with van der Waals surface area (Å²) >= 11 is 3.62. The molecular weight excluding hydrogens is 278 g/mol. The van der Waals surface area contributed by atoms with Crippen LogP contribution in [0.4, 0.5) is 0 Å². The summed E-state index contributed by atoms with van der Waals surface area (Å²) in [6, 6.07) is 4.23. The molecule has 0 saturated carbocycles. The van der Waals surface area contributed by atoms with Crippen LogP contribution in [0.1, 0.15) is 44.7 Å². The zero-order valence-corrected chi connectivity index (χ0v) is 12.9. The first-order chi connectivity index (χ1) is 7.74. The van der Waals surface area contributed by atoms with Crippen LogP contribution >= 0.6 is 15.9 Å². The molecule has 0 fully saturated rings. The van der Waals surface area contributed by atoms with Crippen molar-refractivity contribution >= 4 is 15.9 Å². The van der Waals surface area contributed by atoms with Gasteiger partial charge < -0.3 is 10.5 Å². The Morgan fingerprint density at radius 3 is 2.35 bits per heavy atom. The van der Waals surface area contributed by atoms with Crippen LogP contribution in [0.15, 0.2) is 16.6 Å². The number of hydrogen-bond donors (Lipinski definition) is 1. The molecule has 0 aliphatic rings. The summed E-state index contributed by atoms with van der Waals surface area (Å²) in [6.45, 7) is 8.39. The summed E-state index contributed by atoms with van der Waals surface area (Å²) in [6.07, 6.45) is 0.799. The van der Waals surface area contributed by atoms with Crippen molar-refractivity contribution in [2.75, 3.05) is 7.11 Å². The lowest BCUT2D eigenvalue weighted by molar-refractivity contribution is 0.401. The highest BCUT2D eigenvalue weighted by Crippen LogP contribution is 2.33. The average Bonchev–Trinajstić information content (AvgIpc) is 2.14. The van der Waals surface area contributed by atoms with Crippen molar-refractivity contribution in [3.8, 4) is 5.75 Å². The quantitative estimate of drug-likeness (QED) is 0.916. The third-order valence-electron chi connectivity index (χ3n) is 2.67. The van der Waals surface area contributed by atoms with E-state index in [0.29, 0.717) is 5.92 Å². The van der Waals surface area contributed by atoms with Crippen LogP contribution in [-0.2, 0) is 6.42 Å². The molecule has 2 nitrogen and oxygen atoms in total. The number of rotatable bonds is 4. The van der Waals surface area contributed by atoms with Crippen LogP contribution in [0.25, 0.3) is 0 Å². The number of methoxy groups -OCH3 is 1. The first-order valence-electron chi connectivity index (χ1n) is 5.90. The topological polar surface area (TPSA) is 35.2 Å². The molecule has 0 aromatic heterocycles. The van der Waals surface area contributed by atoms with Crippen molar-refractivity contribution in [3.05, 3.63) is 27.7 Å². The second kappa shape index (κ2) is 5.40. The normalized spacial score (nSPS) is 12.0. The molecule has 17 heavy (non-hydrogen) atoms. The van der Waals surface area contributed by atoms with Gasteiger partial charge in [0.1, 0.15) is 5.75 Å². The maximum Gasteiger partial charge on any atom is 0.122 e. The summed E-state index contributed by atoms with van der Waals surface area (Å²) in [5.74, 6) is 1.40. The van der Waals surface area contributed by atoms with E-state index in [1.165, 1.54) is 5.56 Å². The standard InChI is InChI=1S/C14H22BrNO/c1-9(2)11-7-13(17-5)10(6-12(11)15)8-14(3,4)16/h6-7,9H,8,16H2,1-5H3. The fourth-order valence-electron chi connectivity index (χ4n) is 1.87. The Bertz CT molecular complexity index is 394. The van der Waals surface area contributed by atoms with Gasteiger partial charge in [-0.05, 0) is 49.4 Å². The number of halogens is 1. The minimum Gasteiger partial charge on any atom is -0.496 e. The highest BCUT2D eigenvalue weighted by atomic mass is 79.9. The first-order valence-corrected chi connectivity index (χ1v) is 6.69. The summed E-state index contributed by atoms with van der Waals surface area (Å²) in [4.78, 5) is 0. The van der Waals surface area contributed by atoms with Crippen LogP contribution in [-0.4, -0.2) is 12.6 Å². The molecule has 1 rings (SSSR count). The fraction of sp³-hybridized carbons (Fsp3) is 0.571. The van der Waals surface area contributed by atoms with E-state index in [2.05, 4.69) is 41.9 Å². The van der Waals surface area contributed by atoms with Gasteiger partial charge in [-0.2, -0.15) is 0 Å². The number of nitrogens with two attached hydrogens (primary N) is 1. The van der Waals surface area contributed by atoms with E-state index in [1.807, 2.05) is 13.8 Å². The van der Waals surface area contributed by atoms with E-state index in [4.69, 9.17) is 10.5 Å². The molecule has 2 N–H and O–H groups in total. The summed E-state index contributed by atoms with van der Waals surface area (Å²) in [7, 11) is 1.71. The van der Waals surface area contributed by atoms with Crippen molar-refractivity contribution in [3.63, 3.8) is 0 Å². The maximum atomic E-state index is 6.07. The lowest BCUT2D eigenvalue weighted by Crippen LogP contribution is -2.34. The molecule has 0 heterocycles. The molecular formula is C14H22BrNO. The van der Waals surface area contributed by atoms with E-state index in [1.54, 1.807) is 7.11 Å². The van der Waals surface area contributed by atoms with Crippen molar-refractivity contribution < 1.29 is 4.74 Å². The van der Waals surface area contributed by atoms with E-state index in [9.17, 15) is 0 Å². The van der Waals surface area contributed by atoms with Crippen LogP contribution in [0.5, 0.6) is 5.75 Å². The predicted octanol–water partition coefficient (Wildman–Crippen LogP) is 3.86. The predicted molar refractivity (Wildman–Crippen MR) is 76.8 cm³/mol. The van der Waals surface area contributed by atoms with Crippen LogP contribution < -0.4 is 10.5 Å². The minimum atomic E-state index is -0.230. The van der Waals surface area contributed by atoms with Crippen molar-refractivity contribution in [1.82, 2.24) is 0 Å². The highest BCUT2D eigenvalue weighted by Gasteiger charge is 2.17. The molecule has 1 aromatic rings. The molecule has 0 amide bonds. The van der Waals surface area contributed by atoms with Gasteiger partial charge in [0, 0.05) is 10.0 Å². The Morgan fingerprint density at radius 2 is 1.94 bits per heavy atom. The van der Waals surface area contributed by atoms with Gasteiger partial charge >= 0.3 is 0 Å². The largest absolute Gasteiger partial charge is 0.496 e. The van der Waals surface area contributed by atoms with Gasteiger partial charge in [0.15, 0.2) is 0 Å². The molecule has 0 radical (unpaired) electrons. The highest BCUT2D eigenvalue weighted by molar-refractivity contribution is 9.10. The maximum absolute atomic E-state index is 6.07. The molecule has 0 bridgehead atoms. The molecule has 1 aromatic carbocycles. The van der Waals surface area contributed by atoms with Crippen molar-refractivity contribution in [2.24, 2.45) is 5.73 Å². The SMILES string of the molecule is COc1cc(C(C)C)c(Br)cc1CC(C)(C)N. The van der Waals surface area contributed by atoms with Gasteiger partial charge in [-0.1, -0.05) is 29.8 Å². The number of benzene rings is 1. The Balaban J connectivity index is 3.19. The van der Waals surface area contributed by atoms with Gasteiger partial charge in [-0.15, -0.1) is 0 Å². The van der Waals surface area contributed by atoms with Crippen LogP contribution in [0.3, 0.4) is 0 Å². The van der Waals surface area contributed by atoms with Gasteiger partial charge in [0.2, 0.25) is 0 Å². The zero-order chi connectivity index (χ0) is 13.2. The van der Waals surface area contributed by atoms with E-state index in [-0.39, 0.29) is 5.54 Å². The fourth-order valence-corrected chi connectivity index (χ4v) is 2.72. The average molecular weight is 300 g/mol. The van der Waals surface area contributed by atoms with Crippen molar-refractivity contribution in [2.45, 2.75) is 45.6 Å². The molecule has 3 heteroatoms. The van der Waals surface area contributed by atoms with Gasteiger partial charge in [0.25, 0.3) is 0 Å². The Hall–Kier alpha value is -0.540. The molecule has 0 unspecified atom stereocenters. The third-order valence-corrected chi connectivity index (χ3v) is 3.35. The molecule has 0 spiro atoms. The molecule has 0 aliphatic heterocycles. The van der Waals surface area contributed by atoms with E-state index < -0.39 is 0 Å². The molecule has 0 saturated heterocycles. The lowest BCUT2D eigenvalue weighted by atomic mass is 9.93.